The number of hydrogen-bond donors (Lipinski definition) is 1. The fourth-order valence-electron chi connectivity index (χ4n) is 2.61. The van der Waals surface area contributed by atoms with Gasteiger partial charge < -0.3 is 44.4 Å². The molecule has 1 aromatic rings. The molecular formula is C27H49MoNS2. The first kappa shape index (κ1) is 38.3. The maximum Gasteiger partial charge on any atom is 4.00 e. The second kappa shape index (κ2) is 40.4. The Morgan fingerprint density at radius 1 is 0.710 bits per heavy atom. The van der Waals surface area contributed by atoms with Crippen molar-refractivity contribution in [3.8, 4) is 0 Å². The van der Waals surface area contributed by atoms with Crippen LogP contribution in [-0.4, -0.2) is 4.32 Å². The number of unbranched alkanes of at least 4 members (excludes halogenated alkanes) is 14. The Morgan fingerprint density at radius 3 is 1.19 bits per heavy atom. The summed E-state index contributed by atoms with van der Waals surface area (Å²) >= 11 is 8.26. The average molecular weight is 548 g/mol. The third-order valence-corrected chi connectivity index (χ3v) is 4.31. The van der Waals surface area contributed by atoms with Gasteiger partial charge in [-0.25, -0.2) is 0 Å². The van der Waals surface area contributed by atoms with E-state index in [2.05, 4.69) is 64.3 Å². The number of thiocarbonyl (C=S) groups is 1. The van der Waals surface area contributed by atoms with E-state index >= 15 is 0 Å². The maximum absolute atomic E-state index is 4.66. The van der Waals surface area contributed by atoms with Gasteiger partial charge in [-0.2, -0.15) is 49.2 Å². The van der Waals surface area contributed by atoms with Crippen LogP contribution < -0.4 is 5.73 Å². The minimum absolute atomic E-state index is 0. The van der Waals surface area contributed by atoms with Gasteiger partial charge in [0.25, 0.3) is 0 Å². The molecule has 0 aliphatic rings. The number of rotatable bonds is 14. The minimum atomic E-state index is 0. The van der Waals surface area contributed by atoms with E-state index in [-0.39, 0.29) is 25.4 Å². The first-order valence-corrected chi connectivity index (χ1v) is 12.8. The molecular weight excluding hydrogens is 498 g/mol. The molecule has 0 aliphatic heterocycles. The molecule has 0 unspecified atom stereocenters. The summed E-state index contributed by atoms with van der Waals surface area (Å²) in [5.74, 6) is 0. The summed E-state index contributed by atoms with van der Waals surface area (Å²) in [6, 6.07) is 12.5. The average Bonchev–Trinajstić information content (AvgIpc) is 2.75. The van der Waals surface area contributed by atoms with Crippen LogP contribution in [0.15, 0.2) is 30.3 Å². The molecule has 1 nitrogen and oxygen atoms in total. The van der Waals surface area contributed by atoms with Crippen LogP contribution in [0.4, 0.5) is 0 Å². The van der Waals surface area contributed by atoms with Crippen LogP contribution in [-0.2, 0) is 33.7 Å². The predicted molar refractivity (Wildman–Crippen MR) is 145 cm³/mol. The van der Waals surface area contributed by atoms with E-state index in [4.69, 9.17) is 0 Å². The van der Waals surface area contributed by atoms with Gasteiger partial charge in [-0.1, -0.05) is 108 Å². The fraction of sp³-hybridized carbons (Fsp3) is 0.667. The van der Waals surface area contributed by atoms with Crippen molar-refractivity contribution >= 4 is 29.2 Å². The van der Waals surface area contributed by atoms with Gasteiger partial charge in [0.05, 0.1) is 0 Å². The van der Waals surface area contributed by atoms with Crippen molar-refractivity contribution in [3.05, 3.63) is 50.2 Å². The zero-order valence-corrected chi connectivity index (χ0v) is 24.1. The van der Waals surface area contributed by atoms with Crippen LogP contribution in [0.1, 0.15) is 117 Å². The summed E-state index contributed by atoms with van der Waals surface area (Å²) in [6.45, 7) is 12.2. The van der Waals surface area contributed by atoms with Gasteiger partial charge in [0.2, 0.25) is 0 Å². The van der Waals surface area contributed by atoms with Gasteiger partial charge in [0, 0.05) is 0 Å². The predicted octanol–water partition coefficient (Wildman–Crippen LogP) is 9.18. The van der Waals surface area contributed by atoms with E-state index in [9.17, 15) is 0 Å². The van der Waals surface area contributed by atoms with Gasteiger partial charge in [-0.15, -0.1) is 0 Å². The Morgan fingerprint density at radius 2 is 1.00 bits per heavy atom. The van der Waals surface area contributed by atoms with Crippen molar-refractivity contribution in [2.45, 2.75) is 117 Å². The summed E-state index contributed by atoms with van der Waals surface area (Å²) in [5.41, 5.74) is 4.66. The maximum atomic E-state index is 4.66. The molecule has 0 fully saturated rings. The molecule has 0 spiro atoms. The van der Waals surface area contributed by atoms with Gasteiger partial charge in [-0.3, -0.25) is 0 Å². The molecule has 2 N–H and O–H groups in total. The third-order valence-electron chi connectivity index (χ3n) is 4.31. The van der Waals surface area contributed by atoms with E-state index in [0.717, 1.165) is 12.8 Å². The minimum Gasteiger partial charge on any atom is -0.415 e. The van der Waals surface area contributed by atoms with E-state index in [1.807, 2.05) is 30.3 Å². The molecule has 31 heavy (non-hydrogen) atoms. The monoisotopic (exact) mass is 549 g/mol. The van der Waals surface area contributed by atoms with Crippen molar-refractivity contribution in [2.24, 2.45) is 5.73 Å². The standard InChI is InChI=1S/2C10H21.C6H5.CH3NS2.Mo/c2*1-3-5-7-9-10-8-6-4-2;1-2-4-6-5-3-1;2-1(3)4;/h2*1,3-10H2,2H3;1-5H;(H3,2,3,4);/q3*-1;;+4/p-1. The third kappa shape index (κ3) is 58.8. The van der Waals surface area contributed by atoms with Crippen LogP contribution in [0.5, 0.6) is 0 Å². The van der Waals surface area contributed by atoms with Gasteiger partial charge in [-0.05, 0) is 0 Å². The first-order valence-electron chi connectivity index (χ1n) is 12.0. The van der Waals surface area contributed by atoms with E-state index in [1.54, 1.807) is 0 Å². The summed E-state index contributed by atoms with van der Waals surface area (Å²) < 4.78 is 0.0833. The molecule has 0 heterocycles. The summed E-state index contributed by atoms with van der Waals surface area (Å²) in [7, 11) is 0. The van der Waals surface area contributed by atoms with Crippen LogP contribution in [0, 0.1) is 19.9 Å². The number of nitrogens with two attached hydrogens (primary N) is 1. The Bertz CT molecular complexity index is 325. The largest absolute Gasteiger partial charge is 4.00 e. The quantitative estimate of drug-likeness (QED) is 0.0827. The second-order valence-corrected chi connectivity index (χ2v) is 8.48. The first-order chi connectivity index (χ1) is 14.6. The van der Waals surface area contributed by atoms with Crippen molar-refractivity contribution in [1.82, 2.24) is 0 Å². The fourth-order valence-corrected chi connectivity index (χ4v) is 2.61. The molecule has 0 aliphatic carbocycles. The Hall–Kier alpha value is 0.0183. The number of hydrogen-bond acceptors (Lipinski definition) is 2. The van der Waals surface area contributed by atoms with Gasteiger partial charge >= 0.3 is 21.1 Å². The van der Waals surface area contributed by atoms with Crippen LogP contribution in [0.3, 0.4) is 0 Å². The Kier molecular flexibility index (Phi) is 49.9. The van der Waals surface area contributed by atoms with E-state index < -0.39 is 0 Å². The summed E-state index contributed by atoms with van der Waals surface area (Å²) in [5, 5.41) is 0. The van der Waals surface area contributed by atoms with E-state index in [1.165, 1.54) is 89.9 Å². The van der Waals surface area contributed by atoms with Crippen molar-refractivity contribution in [1.29, 1.82) is 0 Å². The molecule has 0 radical (unpaired) electrons. The molecule has 0 saturated heterocycles. The second-order valence-electron chi connectivity index (χ2n) is 7.35. The van der Waals surface area contributed by atoms with E-state index in [0.29, 0.717) is 0 Å². The Labute approximate surface area is 221 Å². The zero-order chi connectivity index (χ0) is 23.1. The zero-order valence-electron chi connectivity index (χ0n) is 20.4. The smallest absolute Gasteiger partial charge is 0.415 e. The van der Waals surface area contributed by atoms with Gasteiger partial charge in [0.15, 0.2) is 0 Å². The summed E-state index contributed by atoms with van der Waals surface area (Å²) in [4.78, 5) is 0. The molecule has 0 amide bonds. The molecule has 0 atom stereocenters. The normalized spacial score (nSPS) is 8.90. The molecule has 0 bridgehead atoms. The van der Waals surface area contributed by atoms with Crippen LogP contribution >= 0.6 is 12.2 Å². The SMILES string of the molecule is NC(=S)[S-].[CH2-]CCCCCCCCC.[CH2-]CCCCCCCCC.[Mo+4].[c-]1ccccc1. The Balaban J connectivity index is -0.000000163. The molecule has 0 saturated carbocycles. The van der Waals surface area contributed by atoms with Crippen molar-refractivity contribution < 1.29 is 21.1 Å². The molecule has 180 valence electrons. The van der Waals surface area contributed by atoms with Crippen molar-refractivity contribution in [3.63, 3.8) is 0 Å². The van der Waals surface area contributed by atoms with Crippen LogP contribution in [0.2, 0.25) is 0 Å². The molecule has 4 heteroatoms. The molecule has 1 aromatic carbocycles. The molecule has 1 rings (SSSR count). The van der Waals surface area contributed by atoms with Crippen LogP contribution in [0.25, 0.3) is 0 Å². The topological polar surface area (TPSA) is 26.0 Å². The van der Waals surface area contributed by atoms with Gasteiger partial charge in [0.1, 0.15) is 0 Å². The van der Waals surface area contributed by atoms with Crippen molar-refractivity contribution in [2.75, 3.05) is 0 Å². The molecule has 0 aromatic heterocycles. The number of benzene rings is 1. The summed E-state index contributed by atoms with van der Waals surface area (Å²) in [6.07, 6.45) is 21.8.